The molecule has 0 bridgehead atoms. The minimum Gasteiger partial charge on any atom is -0.331 e. The number of rotatable bonds is 3. The van der Waals surface area contributed by atoms with Crippen LogP contribution in [0.2, 0.25) is 0 Å². The van der Waals surface area contributed by atoms with Gasteiger partial charge in [0.2, 0.25) is 0 Å². The zero-order chi connectivity index (χ0) is 13.1. The van der Waals surface area contributed by atoms with Gasteiger partial charge in [-0.25, -0.2) is 9.37 Å². The zero-order valence-electron chi connectivity index (χ0n) is 10.1. The first-order valence-electron chi connectivity index (χ1n) is 5.51. The predicted molar refractivity (Wildman–Crippen MR) is 70.6 cm³/mol. The molecule has 0 atom stereocenters. The van der Waals surface area contributed by atoms with Crippen molar-refractivity contribution in [2.75, 3.05) is 5.32 Å². The van der Waals surface area contributed by atoms with E-state index in [4.69, 9.17) is 5.26 Å². The highest BCUT2D eigenvalue weighted by atomic mass is 32.1. The molecule has 0 radical (unpaired) electrons. The third-order valence-corrected chi connectivity index (χ3v) is 3.17. The van der Waals surface area contributed by atoms with Gasteiger partial charge in [-0.3, -0.25) is 0 Å². The number of benzene rings is 1. The molecule has 1 aromatic carbocycles. The summed E-state index contributed by atoms with van der Waals surface area (Å²) in [7, 11) is 0. The normalized spacial score (nSPS) is 10.4. The molecule has 1 N–H and O–H groups in total. The molecule has 0 aliphatic heterocycles. The topological polar surface area (TPSA) is 48.7 Å². The lowest BCUT2D eigenvalue weighted by atomic mass is 10.2. The lowest BCUT2D eigenvalue weighted by Crippen LogP contribution is -1.93. The van der Waals surface area contributed by atoms with Crippen molar-refractivity contribution in [3.63, 3.8) is 0 Å². The maximum atomic E-state index is 13.2. The Bertz CT molecular complexity index is 599. The Kier molecular flexibility index (Phi) is 3.58. The standard InChI is InChI=1S/C13H12FN3S/c1-8(2)12-7-18-13(17-12)16-11-4-9(6-15)3-10(14)5-11/h3-5,7-8H,1-2H3,(H,16,17). The molecule has 2 rings (SSSR count). The van der Waals surface area contributed by atoms with Crippen LogP contribution < -0.4 is 5.32 Å². The van der Waals surface area contributed by atoms with Gasteiger partial charge in [-0.05, 0) is 24.1 Å². The van der Waals surface area contributed by atoms with Gasteiger partial charge in [0.1, 0.15) is 5.82 Å². The number of nitrogens with one attached hydrogen (secondary N) is 1. The largest absolute Gasteiger partial charge is 0.331 e. The number of hydrogen-bond donors (Lipinski definition) is 1. The first-order valence-corrected chi connectivity index (χ1v) is 6.39. The lowest BCUT2D eigenvalue weighted by molar-refractivity contribution is 0.628. The Labute approximate surface area is 109 Å². The minimum absolute atomic E-state index is 0.290. The summed E-state index contributed by atoms with van der Waals surface area (Å²) in [5.74, 6) is -0.0730. The number of nitriles is 1. The number of nitrogens with zero attached hydrogens (tertiary/aromatic N) is 2. The SMILES string of the molecule is CC(C)c1csc(Nc2cc(F)cc(C#N)c2)n1. The number of hydrogen-bond acceptors (Lipinski definition) is 4. The molecule has 1 aromatic heterocycles. The van der Waals surface area contributed by atoms with Gasteiger partial charge in [0.25, 0.3) is 0 Å². The second-order valence-electron chi connectivity index (χ2n) is 4.20. The van der Waals surface area contributed by atoms with Gasteiger partial charge in [-0.15, -0.1) is 11.3 Å². The van der Waals surface area contributed by atoms with Gasteiger partial charge in [-0.1, -0.05) is 13.8 Å². The zero-order valence-corrected chi connectivity index (χ0v) is 10.9. The van der Waals surface area contributed by atoms with Crippen molar-refractivity contribution in [1.29, 1.82) is 5.26 Å². The Morgan fingerprint density at radius 2 is 2.17 bits per heavy atom. The number of anilines is 2. The van der Waals surface area contributed by atoms with Crippen LogP contribution in [0.5, 0.6) is 0 Å². The van der Waals surface area contributed by atoms with Crippen molar-refractivity contribution >= 4 is 22.2 Å². The van der Waals surface area contributed by atoms with E-state index in [9.17, 15) is 4.39 Å². The summed E-state index contributed by atoms with van der Waals surface area (Å²) in [6.45, 7) is 4.13. The molecule has 18 heavy (non-hydrogen) atoms. The van der Waals surface area contributed by atoms with Crippen molar-refractivity contribution in [2.24, 2.45) is 0 Å². The third-order valence-electron chi connectivity index (χ3n) is 2.39. The van der Waals surface area contributed by atoms with Gasteiger partial charge in [0.05, 0.1) is 17.3 Å². The van der Waals surface area contributed by atoms with Crippen LogP contribution in [0.1, 0.15) is 31.0 Å². The molecule has 0 aliphatic carbocycles. The highest BCUT2D eigenvalue weighted by Gasteiger charge is 2.07. The average molecular weight is 261 g/mol. The van der Waals surface area contributed by atoms with E-state index in [1.807, 2.05) is 11.4 Å². The van der Waals surface area contributed by atoms with Crippen LogP contribution in [0.3, 0.4) is 0 Å². The first kappa shape index (κ1) is 12.5. The molecule has 0 amide bonds. The summed E-state index contributed by atoms with van der Waals surface area (Å²) >= 11 is 1.46. The summed E-state index contributed by atoms with van der Waals surface area (Å²) in [5.41, 5.74) is 1.83. The Morgan fingerprint density at radius 3 is 2.78 bits per heavy atom. The molecule has 0 spiro atoms. The van der Waals surface area contributed by atoms with Crippen LogP contribution in [0.4, 0.5) is 15.2 Å². The molecule has 0 aliphatic rings. The predicted octanol–water partition coefficient (Wildman–Crippen LogP) is 4.02. The van der Waals surface area contributed by atoms with E-state index in [1.54, 1.807) is 6.07 Å². The maximum Gasteiger partial charge on any atom is 0.187 e. The number of aromatic nitrogens is 1. The van der Waals surface area contributed by atoms with E-state index in [1.165, 1.54) is 23.5 Å². The van der Waals surface area contributed by atoms with Crippen molar-refractivity contribution in [3.05, 3.63) is 40.7 Å². The Morgan fingerprint density at radius 1 is 1.39 bits per heavy atom. The smallest absolute Gasteiger partial charge is 0.187 e. The lowest BCUT2D eigenvalue weighted by Gasteiger charge is -2.03. The summed E-state index contributed by atoms with van der Waals surface area (Å²) in [6, 6.07) is 6.06. The fourth-order valence-corrected chi connectivity index (χ4v) is 2.35. The van der Waals surface area contributed by atoms with Crippen molar-refractivity contribution in [2.45, 2.75) is 19.8 Å². The van der Waals surface area contributed by atoms with Crippen LogP contribution in [0, 0.1) is 17.1 Å². The summed E-state index contributed by atoms with van der Waals surface area (Å²) in [5, 5.41) is 14.5. The molecule has 0 fully saturated rings. The van der Waals surface area contributed by atoms with Crippen LogP contribution in [-0.2, 0) is 0 Å². The molecular weight excluding hydrogens is 249 g/mol. The second-order valence-corrected chi connectivity index (χ2v) is 5.06. The molecule has 0 saturated carbocycles. The van der Waals surface area contributed by atoms with Crippen LogP contribution >= 0.6 is 11.3 Å². The van der Waals surface area contributed by atoms with Crippen molar-refractivity contribution in [1.82, 2.24) is 4.98 Å². The molecular formula is C13H12FN3S. The Balaban J connectivity index is 2.23. The van der Waals surface area contributed by atoms with Crippen LogP contribution in [0.15, 0.2) is 23.6 Å². The fraction of sp³-hybridized carbons (Fsp3) is 0.231. The van der Waals surface area contributed by atoms with E-state index < -0.39 is 5.82 Å². The molecule has 0 saturated heterocycles. The molecule has 92 valence electrons. The van der Waals surface area contributed by atoms with E-state index in [2.05, 4.69) is 24.1 Å². The van der Waals surface area contributed by atoms with Gasteiger partial charge in [-0.2, -0.15) is 5.26 Å². The summed E-state index contributed by atoms with van der Waals surface area (Å²) in [6.07, 6.45) is 0. The van der Waals surface area contributed by atoms with Crippen LogP contribution in [-0.4, -0.2) is 4.98 Å². The first-order chi connectivity index (χ1) is 8.58. The molecule has 2 aromatic rings. The summed E-state index contributed by atoms with van der Waals surface area (Å²) < 4.78 is 13.2. The highest BCUT2D eigenvalue weighted by molar-refractivity contribution is 7.13. The van der Waals surface area contributed by atoms with Gasteiger partial charge in [0.15, 0.2) is 5.13 Å². The maximum absolute atomic E-state index is 13.2. The van der Waals surface area contributed by atoms with Gasteiger partial charge >= 0.3 is 0 Å². The highest BCUT2D eigenvalue weighted by Crippen LogP contribution is 2.25. The van der Waals surface area contributed by atoms with E-state index in [0.717, 1.165) is 5.69 Å². The number of halogens is 1. The van der Waals surface area contributed by atoms with Crippen LogP contribution in [0.25, 0.3) is 0 Å². The number of thiazole rings is 1. The molecule has 5 heteroatoms. The van der Waals surface area contributed by atoms with E-state index in [-0.39, 0.29) is 5.56 Å². The minimum atomic E-state index is -0.433. The molecule has 3 nitrogen and oxygen atoms in total. The summed E-state index contributed by atoms with van der Waals surface area (Å²) in [4.78, 5) is 4.39. The molecule has 1 heterocycles. The van der Waals surface area contributed by atoms with E-state index >= 15 is 0 Å². The van der Waals surface area contributed by atoms with Gasteiger partial charge in [0, 0.05) is 11.1 Å². The molecule has 0 unspecified atom stereocenters. The van der Waals surface area contributed by atoms with E-state index in [0.29, 0.717) is 16.7 Å². The Hall–Kier alpha value is -1.93. The van der Waals surface area contributed by atoms with Crippen molar-refractivity contribution in [3.8, 4) is 6.07 Å². The monoisotopic (exact) mass is 261 g/mol. The second kappa shape index (κ2) is 5.15. The van der Waals surface area contributed by atoms with Gasteiger partial charge < -0.3 is 5.32 Å². The van der Waals surface area contributed by atoms with Crippen molar-refractivity contribution < 1.29 is 4.39 Å². The average Bonchev–Trinajstić information content (AvgIpc) is 2.76. The quantitative estimate of drug-likeness (QED) is 0.907. The third kappa shape index (κ3) is 2.84. The fourth-order valence-electron chi connectivity index (χ4n) is 1.46.